The van der Waals surface area contributed by atoms with E-state index in [-0.39, 0.29) is 5.91 Å². The van der Waals surface area contributed by atoms with Crippen molar-refractivity contribution in [3.05, 3.63) is 63.6 Å². The molecule has 2 aromatic rings. The fourth-order valence-corrected chi connectivity index (χ4v) is 5.18. The normalized spacial score (nSPS) is 15.4. The van der Waals surface area contributed by atoms with Gasteiger partial charge in [-0.15, -0.1) is 0 Å². The lowest BCUT2D eigenvalue weighted by molar-refractivity contribution is 0.0954. The molecule has 28 heavy (non-hydrogen) atoms. The van der Waals surface area contributed by atoms with Gasteiger partial charge in [-0.05, 0) is 55.2 Å². The van der Waals surface area contributed by atoms with Gasteiger partial charge < -0.3 is 5.32 Å². The Kier molecular flexibility index (Phi) is 6.99. The smallest absolute Gasteiger partial charge is 0.252 e. The van der Waals surface area contributed by atoms with Crippen molar-refractivity contribution in [3.63, 3.8) is 0 Å². The third-order valence-electron chi connectivity index (χ3n) is 4.75. The standard InChI is InChI=1S/C20H22Cl2N2O3S/c21-16-6-9-18(19(22)14-16)20(25)23-11-10-15-4-7-17(8-5-15)28(26,27)24-12-2-1-3-13-24/h4-9,14H,1-3,10-13H2,(H,23,25). The van der Waals surface area contributed by atoms with Gasteiger partial charge in [0.15, 0.2) is 0 Å². The van der Waals surface area contributed by atoms with Gasteiger partial charge in [0.1, 0.15) is 0 Å². The summed E-state index contributed by atoms with van der Waals surface area (Å²) in [6.07, 6.45) is 3.49. The van der Waals surface area contributed by atoms with E-state index in [0.29, 0.717) is 46.6 Å². The van der Waals surface area contributed by atoms with Crippen molar-refractivity contribution in [2.24, 2.45) is 0 Å². The number of hydrogen-bond acceptors (Lipinski definition) is 3. The molecule has 2 aromatic carbocycles. The number of carbonyl (C=O) groups excluding carboxylic acids is 1. The molecule has 1 aliphatic rings. The minimum atomic E-state index is -3.42. The van der Waals surface area contributed by atoms with Crippen molar-refractivity contribution in [1.82, 2.24) is 9.62 Å². The molecule has 1 N–H and O–H groups in total. The van der Waals surface area contributed by atoms with Gasteiger partial charge in [0.25, 0.3) is 5.91 Å². The van der Waals surface area contributed by atoms with Crippen LogP contribution < -0.4 is 5.32 Å². The number of piperidine rings is 1. The zero-order valence-electron chi connectivity index (χ0n) is 15.3. The number of nitrogens with one attached hydrogen (secondary N) is 1. The average molecular weight is 441 g/mol. The fourth-order valence-electron chi connectivity index (χ4n) is 3.17. The maximum Gasteiger partial charge on any atom is 0.252 e. The highest BCUT2D eigenvalue weighted by Crippen LogP contribution is 2.22. The summed E-state index contributed by atoms with van der Waals surface area (Å²) < 4.78 is 26.9. The molecule has 8 heteroatoms. The second kappa shape index (κ2) is 9.27. The molecule has 0 unspecified atom stereocenters. The van der Waals surface area contributed by atoms with Crippen LogP contribution in [0.1, 0.15) is 35.2 Å². The lowest BCUT2D eigenvalue weighted by Gasteiger charge is -2.25. The monoisotopic (exact) mass is 440 g/mol. The minimum Gasteiger partial charge on any atom is -0.352 e. The van der Waals surface area contributed by atoms with E-state index in [0.717, 1.165) is 24.8 Å². The fraction of sp³-hybridized carbons (Fsp3) is 0.350. The first-order valence-corrected chi connectivity index (χ1v) is 11.4. The van der Waals surface area contributed by atoms with Gasteiger partial charge in [-0.1, -0.05) is 41.8 Å². The molecule has 0 atom stereocenters. The molecule has 0 aliphatic carbocycles. The van der Waals surface area contributed by atoms with Crippen LogP contribution in [-0.4, -0.2) is 38.3 Å². The van der Waals surface area contributed by atoms with Crippen LogP contribution in [0, 0.1) is 0 Å². The van der Waals surface area contributed by atoms with Crippen LogP contribution in [-0.2, 0) is 16.4 Å². The Hall–Kier alpha value is -1.60. The maximum absolute atomic E-state index is 12.7. The maximum atomic E-state index is 12.7. The first kappa shape index (κ1) is 21.1. The van der Waals surface area contributed by atoms with Crippen LogP contribution in [0.4, 0.5) is 0 Å². The van der Waals surface area contributed by atoms with Gasteiger partial charge in [0, 0.05) is 24.7 Å². The molecule has 1 amide bonds. The Labute approximate surface area is 175 Å². The molecule has 0 radical (unpaired) electrons. The molecule has 1 fully saturated rings. The molecule has 0 saturated carbocycles. The third kappa shape index (κ3) is 5.06. The molecule has 1 aliphatic heterocycles. The first-order chi connectivity index (χ1) is 13.4. The summed E-state index contributed by atoms with van der Waals surface area (Å²) in [7, 11) is -3.42. The third-order valence-corrected chi connectivity index (χ3v) is 7.21. The largest absolute Gasteiger partial charge is 0.352 e. The van der Waals surface area contributed by atoms with Crippen LogP contribution in [0.25, 0.3) is 0 Å². The number of carbonyl (C=O) groups is 1. The molecule has 1 saturated heterocycles. The second-order valence-electron chi connectivity index (χ2n) is 6.74. The van der Waals surface area contributed by atoms with E-state index in [9.17, 15) is 13.2 Å². The van der Waals surface area contributed by atoms with Gasteiger partial charge in [-0.25, -0.2) is 8.42 Å². The van der Waals surface area contributed by atoms with E-state index in [1.165, 1.54) is 6.07 Å². The molecule has 150 valence electrons. The molecular weight excluding hydrogens is 419 g/mol. The van der Waals surface area contributed by atoms with E-state index in [2.05, 4.69) is 5.32 Å². The van der Waals surface area contributed by atoms with Crippen LogP contribution in [0.3, 0.4) is 0 Å². The molecule has 5 nitrogen and oxygen atoms in total. The summed E-state index contributed by atoms with van der Waals surface area (Å²) >= 11 is 11.9. The van der Waals surface area contributed by atoms with E-state index >= 15 is 0 Å². The van der Waals surface area contributed by atoms with E-state index in [1.54, 1.807) is 40.7 Å². The second-order valence-corrected chi connectivity index (χ2v) is 9.52. The molecular formula is C20H22Cl2N2O3S. The summed E-state index contributed by atoms with van der Waals surface area (Å²) in [4.78, 5) is 12.5. The lowest BCUT2D eigenvalue weighted by atomic mass is 10.1. The van der Waals surface area contributed by atoms with Gasteiger partial charge in [-0.3, -0.25) is 4.79 Å². The molecule has 3 rings (SSSR count). The van der Waals surface area contributed by atoms with Crippen molar-refractivity contribution in [2.75, 3.05) is 19.6 Å². The number of hydrogen-bond donors (Lipinski definition) is 1. The highest BCUT2D eigenvalue weighted by atomic mass is 35.5. The Bertz CT molecular complexity index is 940. The number of amides is 1. The highest BCUT2D eigenvalue weighted by molar-refractivity contribution is 7.89. The molecule has 0 spiro atoms. The van der Waals surface area contributed by atoms with Crippen molar-refractivity contribution >= 4 is 39.1 Å². The summed E-state index contributed by atoms with van der Waals surface area (Å²) in [6, 6.07) is 11.6. The Balaban J connectivity index is 1.56. The van der Waals surface area contributed by atoms with Gasteiger partial charge in [0.2, 0.25) is 10.0 Å². The van der Waals surface area contributed by atoms with Crippen LogP contribution in [0.2, 0.25) is 10.0 Å². The number of halogens is 2. The van der Waals surface area contributed by atoms with Crippen molar-refractivity contribution < 1.29 is 13.2 Å². The zero-order valence-corrected chi connectivity index (χ0v) is 17.7. The Morgan fingerprint density at radius 3 is 2.32 bits per heavy atom. The first-order valence-electron chi connectivity index (χ1n) is 9.20. The van der Waals surface area contributed by atoms with Crippen molar-refractivity contribution in [3.8, 4) is 0 Å². The van der Waals surface area contributed by atoms with E-state index < -0.39 is 10.0 Å². The summed E-state index contributed by atoms with van der Waals surface area (Å²) in [6.45, 7) is 1.59. The molecule has 0 aromatic heterocycles. The van der Waals surface area contributed by atoms with Crippen molar-refractivity contribution in [2.45, 2.75) is 30.6 Å². The average Bonchev–Trinajstić information content (AvgIpc) is 2.69. The minimum absolute atomic E-state index is 0.272. The Morgan fingerprint density at radius 2 is 1.68 bits per heavy atom. The summed E-state index contributed by atoms with van der Waals surface area (Å²) in [5.74, 6) is -0.272. The van der Waals surface area contributed by atoms with Gasteiger partial charge in [0.05, 0.1) is 15.5 Å². The molecule has 1 heterocycles. The summed E-state index contributed by atoms with van der Waals surface area (Å²) in [5, 5.41) is 3.59. The number of rotatable bonds is 6. The molecule has 0 bridgehead atoms. The number of nitrogens with zero attached hydrogens (tertiary/aromatic N) is 1. The SMILES string of the molecule is O=C(NCCc1ccc(S(=O)(=O)N2CCCCC2)cc1)c1ccc(Cl)cc1Cl. The predicted molar refractivity (Wildman–Crippen MR) is 112 cm³/mol. The van der Waals surface area contributed by atoms with E-state index in [1.807, 2.05) is 0 Å². The highest BCUT2D eigenvalue weighted by Gasteiger charge is 2.25. The van der Waals surface area contributed by atoms with Crippen LogP contribution in [0.15, 0.2) is 47.4 Å². The summed E-state index contributed by atoms with van der Waals surface area (Å²) in [5.41, 5.74) is 1.31. The predicted octanol–water partition coefficient (Wildman–Crippen LogP) is 4.14. The lowest BCUT2D eigenvalue weighted by Crippen LogP contribution is -2.35. The number of sulfonamides is 1. The zero-order chi connectivity index (χ0) is 20.1. The van der Waals surface area contributed by atoms with Crippen LogP contribution in [0.5, 0.6) is 0 Å². The van der Waals surface area contributed by atoms with Gasteiger partial charge >= 0.3 is 0 Å². The number of benzene rings is 2. The Morgan fingerprint density at radius 1 is 1.00 bits per heavy atom. The van der Waals surface area contributed by atoms with Gasteiger partial charge in [-0.2, -0.15) is 4.31 Å². The van der Waals surface area contributed by atoms with Crippen LogP contribution >= 0.6 is 23.2 Å². The topological polar surface area (TPSA) is 66.5 Å². The van der Waals surface area contributed by atoms with Crippen molar-refractivity contribution in [1.29, 1.82) is 0 Å². The van der Waals surface area contributed by atoms with E-state index in [4.69, 9.17) is 23.2 Å². The quantitative estimate of drug-likeness (QED) is 0.733.